The minimum atomic E-state index is -0.682. The van der Waals surface area contributed by atoms with Gasteiger partial charge in [-0.15, -0.1) is 0 Å². The summed E-state index contributed by atoms with van der Waals surface area (Å²) in [5.74, 6) is -1.10. The van der Waals surface area contributed by atoms with Crippen LogP contribution in [0.15, 0.2) is 18.2 Å². The van der Waals surface area contributed by atoms with Gasteiger partial charge in [0.05, 0.1) is 10.7 Å². The van der Waals surface area contributed by atoms with E-state index in [0.29, 0.717) is 41.8 Å². The van der Waals surface area contributed by atoms with Gasteiger partial charge in [0.1, 0.15) is 5.92 Å². The largest absolute Gasteiger partial charge is 0.344 e. The van der Waals surface area contributed by atoms with Crippen LogP contribution in [0.2, 0.25) is 10.0 Å². The highest BCUT2D eigenvalue weighted by Gasteiger charge is 2.40. The second kappa shape index (κ2) is 7.30. The van der Waals surface area contributed by atoms with Gasteiger partial charge in [-0.1, -0.05) is 37.0 Å². The van der Waals surface area contributed by atoms with Crippen molar-refractivity contribution in [3.8, 4) is 0 Å². The summed E-state index contributed by atoms with van der Waals surface area (Å²) in [6.45, 7) is 5.40. The van der Waals surface area contributed by atoms with Crippen molar-refractivity contribution in [3.05, 3.63) is 28.2 Å². The lowest BCUT2D eigenvalue weighted by Crippen LogP contribution is -2.44. The summed E-state index contributed by atoms with van der Waals surface area (Å²) in [4.78, 5) is 28.5. The molecule has 1 aromatic rings. The first kappa shape index (κ1) is 19.0. The molecule has 0 aromatic heterocycles. The van der Waals surface area contributed by atoms with E-state index < -0.39 is 5.92 Å². The van der Waals surface area contributed by atoms with E-state index >= 15 is 0 Å². The summed E-state index contributed by atoms with van der Waals surface area (Å²) in [7, 11) is 1.71. The predicted octanol–water partition coefficient (Wildman–Crippen LogP) is 2.79. The van der Waals surface area contributed by atoms with Crippen molar-refractivity contribution in [3.63, 3.8) is 0 Å². The monoisotopic (exact) mass is 371 g/mol. The Balaban J connectivity index is 2.13. The van der Waals surface area contributed by atoms with Crippen LogP contribution >= 0.6 is 23.2 Å². The molecule has 1 aliphatic rings. The molecule has 24 heavy (non-hydrogen) atoms. The number of nitrogens with two attached hydrogens (primary N) is 1. The number of hydrogen-bond acceptors (Lipinski definition) is 3. The molecule has 0 aliphatic carbocycles. The fraction of sp³-hybridized carbons (Fsp3) is 0.529. The summed E-state index contributed by atoms with van der Waals surface area (Å²) in [5.41, 5.74) is 6.08. The van der Waals surface area contributed by atoms with Gasteiger partial charge >= 0.3 is 0 Å². The molecule has 2 N–H and O–H groups in total. The van der Waals surface area contributed by atoms with Crippen LogP contribution in [0.5, 0.6) is 0 Å². The molecule has 1 fully saturated rings. The van der Waals surface area contributed by atoms with E-state index in [-0.39, 0.29) is 17.2 Å². The summed E-state index contributed by atoms with van der Waals surface area (Å²) >= 11 is 12.2. The van der Waals surface area contributed by atoms with Crippen molar-refractivity contribution in [1.82, 2.24) is 4.90 Å². The Bertz CT molecular complexity index is 649. The van der Waals surface area contributed by atoms with Crippen molar-refractivity contribution in [1.29, 1.82) is 0 Å². The van der Waals surface area contributed by atoms with Crippen LogP contribution in [0.4, 0.5) is 5.69 Å². The van der Waals surface area contributed by atoms with Crippen molar-refractivity contribution >= 4 is 40.7 Å². The molecule has 7 heteroatoms. The second-order valence-corrected chi connectivity index (χ2v) is 7.83. The minimum absolute atomic E-state index is 0.179. The van der Waals surface area contributed by atoms with E-state index in [1.807, 2.05) is 13.8 Å². The highest BCUT2D eigenvalue weighted by Crippen LogP contribution is 2.34. The van der Waals surface area contributed by atoms with Crippen molar-refractivity contribution < 1.29 is 9.59 Å². The number of benzene rings is 1. The number of carbonyl (C=O) groups excluding carboxylic acids is 2. The molecule has 5 nitrogen and oxygen atoms in total. The van der Waals surface area contributed by atoms with Crippen molar-refractivity contribution in [2.75, 3.05) is 31.6 Å². The Kier molecular flexibility index (Phi) is 5.78. The number of rotatable bonds is 5. The molecule has 0 radical (unpaired) electrons. The van der Waals surface area contributed by atoms with Crippen LogP contribution in [0.25, 0.3) is 0 Å². The van der Waals surface area contributed by atoms with Crippen LogP contribution in [0.3, 0.4) is 0 Å². The van der Waals surface area contributed by atoms with Gasteiger partial charge in [0.25, 0.3) is 0 Å². The Morgan fingerprint density at radius 2 is 2.08 bits per heavy atom. The Hall–Kier alpha value is -1.30. The fourth-order valence-electron chi connectivity index (χ4n) is 2.89. The van der Waals surface area contributed by atoms with Crippen LogP contribution in [-0.4, -0.2) is 43.4 Å². The molecule has 1 unspecified atom stereocenters. The molecule has 1 heterocycles. The summed E-state index contributed by atoms with van der Waals surface area (Å²) in [5, 5.41) is 0.942. The second-order valence-electron chi connectivity index (χ2n) is 6.99. The molecule has 1 atom stereocenters. The van der Waals surface area contributed by atoms with Crippen LogP contribution in [0, 0.1) is 11.3 Å². The maximum absolute atomic E-state index is 12.7. The number of carbonyl (C=O) groups is 2. The first-order valence-electron chi connectivity index (χ1n) is 7.88. The Morgan fingerprint density at radius 1 is 1.42 bits per heavy atom. The maximum Gasteiger partial charge on any atom is 0.239 e. The van der Waals surface area contributed by atoms with E-state index in [1.165, 1.54) is 0 Å². The molecule has 0 spiro atoms. The SMILES string of the molecule is CN(CC(C)(C)CN)C(=O)C1CCN(c2cc(Cl)ccc2Cl)C1=O. The zero-order chi connectivity index (χ0) is 18.1. The molecule has 0 bridgehead atoms. The van der Waals surface area contributed by atoms with E-state index in [4.69, 9.17) is 28.9 Å². The molecular formula is C17H23Cl2N3O2. The van der Waals surface area contributed by atoms with Gasteiger partial charge in [0.15, 0.2) is 0 Å². The lowest BCUT2D eigenvalue weighted by atomic mass is 9.92. The molecule has 0 saturated carbocycles. The third-order valence-corrected chi connectivity index (χ3v) is 4.85. The average Bonchev–Trinajstić information content (AvgIpc) is 2.90. The highest BCUT2D eigenvalue weighted by atomic mass is 35.5. The fourth-order valence-corrected chi connectivity index (χ4v) is 3.28. The van der Waals surface area contributed by atoms with E-state index in [1.54, 1.807) is 35.0 Å². The van der Waals surface area contributed by atoms with Gasteiger partial charge in [-0.2, -0.15) is 0 Å². The minimum Gasteiger partial charge on any atom is -0.344 e. The molecule has 1 aliphatic heterocycles. The average molecular weight is 372 g/mol. The summed E-state index contributed by atoms with van der Waals surface area (Å²) in [6, 6.07) is 4.96. The zero-order valence-electron chi connectivity index (χ0n) is 14.2. The van der Waals surface area contributed by atoms with Gasteiger partial charge in [0, 0.05) is 25.2 Å². The lowest BCUT2D eigenvalue weighted by Gasteiger charge is -2.30. The van der Waals surface area contributed by atoms with Gasteiger partial charge in [-0.05, 0) is 36.6 Å². The van der Waals surface area contributed by atoms with Crippen molar-refractivity contribution in [2.45, 2.75) is 20.3 Å². The molecule has 2 rings (SSSR count). The van der Waals surface area contributed by atoms with E-state index in [2.05, 4.69) is 0 Å². The molecule has 1 aromatic carbocycles. The highest BCUT2D eigenvalue weighted by molar-refractivity contribution is 6.36. The quantitative estimate of drug-likeness (QED) is 0.809. The standard InChI is InChI=1S/C17H23Cl2N3O2/c1-17(2,9-20)10-21(3)15(23)12-6-7-22(16(12)24)14-8-11(18)4-5-13(14)19/h4-5,8,12H,6-7,9-10,20H2,1-3H3. The number of nitrogens with zero attached hydrogens (tertiary/aromatic N) is 2. The zero-order valence-corrected chi connectivity index (χ0v) is 15.7. The van der Waals surface area contributed by atoms with E-state index in [9.17, 15) is 9.59 Å². The van der Waals surface area contributed by atoms with Gasteiger partial charge in [-0.25, -0.2) is 0 Å². The Morgan fingerprint density at radius 3 is 2.71 bits per heavy atom. The number of anilines is 1. The van der Waals surface area contributed by atoms with E-state index in [0.717, 1.165) is 0 Å². The summed E-state index contributed by atoms with van der Waals surface area (Å²) < 4.78 is 0. The van der Waals surface area contributed by atoms with Crippen LogP contribution in [-0.2, 0) is 9.59 Å². The third-order valence-electron chi connectivity index (χ3n) is 4.30. The van der Waals surface area contributed by atoms with Crippen LogP contribution in [0.1, 0.15) is 20.3 Å². The Labute approximate surface area is 152 Å². The van der Waals surface area contributed by atoms with Gasteiger partial charge in [-0.3, -0.25) is 9.59 Å². The van der Waals surface area contributed by atoms with Gasteiger partial charge in [0.2, 0.25) is 11.8 Å². The number of amides is 2. The first-order chi connectivity index (χ1) is 11.2. The molecule has 1 saturated heterocycles. The summed E-state index contributed by atoms with van der Waals surface area (Å²) in [6.07, 6.45) is 0.466. The van der Waals surface area contributed by atoms with Crippen molar-refractivity contribution in [2.24, 2.45) is 17.1 Å². The molecule has 132 valence electrons. The van der Waals surface area contributed by atoms with Gasteiger partial charge < -0.3 is 15.5 Å². The van der Waals surface area contributed by atoms with Crippen LogP contribution < -0.4 is 10.6 Å². The predicted molar refractivity (Wildman–Crippen MR) is 97.4 cm³/mol. The number of hydrogen-bond donors (Lipinski definition) is 1. The lowest BCUT2D eigenvalue weighted by molar-refractivity contribution is -0.139. The molecular weight excluding hydrogens is 349 g/mol. The third kappa shape index (κ3) is 4.02. The smallest absolute Gasteiger partial charge is 0.239 e. The maximum atomic E-state index is 12.7. The topological polar surface area (TPSA) is 66.6 Å². The normalized spacial score (nSPS) is 18.2. The first-order valence-corrected chi connectivity index (χ1v) is 8.63. The molecule has 2 amide bonds. The number of halogens is 2.